The molecule has 1 aliphatic rings. The van der Waals surface area contributed by atoms with Crippen LogP contribution < -0.4 is 4.74 Å². The van der Waals surface area contributed by atoms with Gasteiger partial charge < -0.3 is 14.8 Å². The van der Waals surface area contributed by atoms with Crippen molar-refractivity contribution in [3.05, 3.63) is 65.9 Å². The molecule has 5 nitrogen and oxygen atoms in total. The van der Waals surface area contributed by atoms with Crippen molar-refractivity contribution in [3.8, 4) is 5.75 Å². The van der Waals surface area contributed by atoms with Crippen LogP contribution in [0.15, 0.2) is 54.7 Å². The monoisotopic (exact) mass is 350 g/mol. The van der Waals surface area contributed by atoms with Crippen LogP contribution in [0.5, 0.6) is 5.75 Å². The van der Waals surface area contributed by atoms with Gasteiger partial charge in [-0.05, 0) is 43.6 Å². The lowest BCUT2D eigenvalue weighted by atomic mass is 10.0. The van der Waals surface area contributed by atoms with E-state index in [9.17, 15) is 9.90 Å². The molecule has 1 aromatic heterocycles. The summed E-state index contributed by atoms with van der Waals surface area (Å²) in [5, 5.41) is 10.7. The van der Waals surface area contributed by atoms with Gasteiger partial charge in [0.15, 0.2) is 0 Å². The fraction of sp³-hybridized carbons (Fsp3) is 0.286. The maximum Gasteiger partial charge on any atom is 0.325 e. The number of fused-ring (bicyclic) bond motifs is 1. The van der Waals surface area contributed by atoms with E-state index in [4.69, 9.17) is 4.74 Å². The van der Waals surface area contributed by atoms with Crippen molar-refractivity contribution in [2.45, 2.75) is 25.5 Å². The number of nitrogens with zero attached hydrogens (tertiary/aromatic N) is 1. The summed E-state index contributed by atoms with van der Waals surface area (Å²) < 4.78 is 5.87. The average Bonchev–Trinajstić information content (AvgIpc) is 3.31. The highest BCUT2D eigenvalue weighted by atomic mass is 16.5. The molecular weight excluding hydrogens is 328 g/mol. The molecule has 26 heavy (non-hydrogen) atoms. The molecule has 1 aliphatic heterocycles. The number of nitrogens with one attached hydrogen (secondary N) is 1. The molecule has 0 unspecified atom stereocenters. The van der Waals surface area contributed by atoms with Crippen LogP contribution in [0.4, 0.5) is 0 Å². The van der Waals surface area contributed by atoms with E-state index in [0.717, 1.165) is 53.7 Å². The second-order valence-corrected chi connectivity index (χ2v) is 6.71. The van der Waals surface area contributed by atoms with Crippen LogP contribution in [0.25, 0.3) is 10.9 Å². The van der Waals surface area contributed by atoms with Crippen molar-refractivity contribution in [1.82, 2.24) is 9.88 Å². The van der Waals surface area contributed by atoms with Gasteiger partial charge in [-0.2, -0.15) is 0 Å². The third kappa shape index (κ3) is 3.30. The van der Waals surface area contributed by atoms with Crippen molar-refractivity contribution >= 4 is 16.9 Å². The number of carboxylic acids is 1. The van der Waals surface area contributed by atoms with Crippen LogP contribution in [0.3, 0.4) is 0 Å². The third-order valence-electron chi connectivity index (χ3n) is 4.97. The number of rotatable bonds is 6. The van der Waals surface area contributed by atoms with Gasteiger partial charge in [0.05, 0.1) is 0 Å². The quantitative estimate of drug-likeness (QED) is 0.706. The lowest BCUT2D eigenvalue weighted by molar-refractivity contribution is -0.143. The van der Waals surface area contributed by atoms with E-state index in [1.165, 1.54) is 0 Å². The first-order valence-electron chi connectivity index (χ1n) is 8.97. The molecular formula is C21H22N2O3. The highest BCUT2D eigenvalue weighted by Gasteiger charge is 2.31. The van der Waals surface area contributed by atoms with E-state index < -0.39 is 12.0 Å². The topological polar surface area (TPSA) is 65.6 Å². The second kappa shape index (κ2) is 7.22. The molecule has 2 heterocycles. The number of benzene rings is 2. The summed E-state index contributed by atoms with van der Waals surface area (Å²) >= 11 is 0. The summed E-state index contributed by atoms with van der Waals surface area (Å²) in [6.07, 6.45) is 3.94. The fourth-order valence-electron chi connectivity index (χ4n) is 3.67. The van der Waals surface area contributed by atoms with Crippen molar-refractivity contribution in [3.63, 3.8) is 0 Å². The number of aromatic nitrogens is 1. The zero-order valence-corrected chi connectivity index (χ0v) is 14.5. The van der Waals surface area contributed by atoms with Gasteiger partial charge in [0.2, 0.25) is 0 Å². The zero-order chi connectivity index (χ0) is 17.9. The van der Waals surface area contributed by atoms with E-state index in [0.29, 0.717) is 6.61 Å². The van der Waals surface area contributed by atoms with Crippen LogP contribution in [0, 0.1) is 0 Å². The Morgan fingerprint density at radius 3 is 2.65 bits per heavy atom. The van der Waals surface area contributed by atoms with Crippen molar-refractivity contribution in [2.24, 2.45) is 0 Å². The van der Waals surface area contributed by atoms with Crippen molar-refractivity contribution in [1.29, 1.82) is 0 Å². The molecule has 0 amide bonds. The summed E-state index contributed by atoms with van der Waals surface area (Å²) in [6.45, 7) is 2.18. The predicted molar refractivity (Wildman–Crippen MR) is 100 cm³/mol. The average molecular weight is 350 g/mol. The van der Waals surface area contributed by atoms with E-state index in [-0.39, 0.29) is 0 Å². The SMILES string of the molecule is O=C(O)[C@H](c1c[nH]c2cc(OCc3ccccc3)ccc12)N1CCCC1. The van der Waals surface area contributed by atoms with Gasteiger partial charge in [0, 0.05) is 28.7 Å². The number of hydrogen-bond acceptors (Lipinski definition) is 3. The molecule has 0 spiro atoms. The van der Waals surface area contributed by atoms with Gasteiger partial charge >= 0.3 is 5.97 Å². The number of aliphatic carboxylic acids is 1. The van der Waals surface area contributed by atoms with Crippen LogP contribution in [0.2, 0.25) is 0 Å². The Kier molecular flexibility index (Phi) is 4.63. The number of ether oxygens (including phenoxy) is 1. The van der Waals surface area contributed by atoms with Crippen molar-refractivity contribution in [2.75, 3.05) is 13.1 Å². The Bertz CT molecular complexity index is 898. The molecule has 2 aromatic carbocycles. The third-order valence-corrected chi connectivity index (χ3v) is 4.97. The number of carbonyl (C=O) groups is 1. The molecule has 1 saturated heterocycles. The first kappa shape index (κ1) is 16.7. The number of aromatic amines is 1. The van der Waals surface area contributed by atoms with E-state index in [2.05, 4.69) is 4.98 Å². The highest BCUT2D eigenvalue weighted by molar-refractivity contribution is 5.90. The van der Waals surface area contributed by atoms with Gasteiger partial charge in [-0.3, -0.25) is 9.69 Å². The Hall–Kier alpha value is -2.79. The smallest absolute Gasteiger partial charge is 0.325 e. The number of carboxylic acid groups (broad SMARTS) is 1. The lowest BCUT2D eigenvalue weighted by Gasteiger charge is -2.23. The minimum absolute atomic E-state index is 0.505. The van der Waals surface area contributed by atoms with Crippen LogP contribution >= 0.6 is 0 Å². The van der Waals surface area contributed by atoms with E-state index >= 15 is 0 Å². The first-order chi connectivity index (χ1) is 12.7. The molecule has 4 rings (SSSR count). The second-order valence-electron chi connectivity index (χ2n) is 6.71. The Labute approximate surface area is 152 Å². The molecule has 0 aliphatic carbocycles. The van der Waals surface area contributed by atoms with E-state index in [1.54, 1.807) is 0 Å². The van der Waals surface area contributed by atoms with Crippen LogP contribution in [-0.4, -0.2) is 34.0 Å². The summed E-state index contributed by atoms with van der Waals surface area (Å²) in [5.41, 5.74) is 2.83. The summed E-state index contributed by atoms with van der Waals surface area (Å²) in [5.74, 6) is -0.0278. The van der Waals surface area contributed by atoms with Gasteiger partial charge in [0.1, 0.15) is 18.4 Å². The maximum absolute atomic E-state index is 11.9. The summed E-state index contributed by atoms with van der Waals surface area (Å²) in [4.78, 5) is 17.1. The molecule has 0 radical (unpaired) electrons. The van der Waals surface area contributed by atoms with Crippen molar-refractivity contribution < 1.29 is 14.6 Å². The van der Waals surface area contributed by atoms with Crippen LogP contribution in [0.1, 0.15) is 30.0 Å². The van der Waals surface area contributed by atoms with Crippen LogP contribution in [-0.2, 0) is 11.4 Å². The summed E-state index contributed by atoms with van der Waals surface area (Å²) in [6, 6.07) is 15.2. The molecule has 5 heteroatoms. The number of likely N-dealkylation sites (tertiary alicyclic amines) is 1. The largest absolute Gasteiger partial charge is 0.489 e. The molecule has 2 N–H and O–H groups in total. The number of hydrogen-bond donors (Lipinski definition) is 2. The minimum atomic E-state index is -0.794. The van der Waals surface area contributed by atoms with Gasteiger partial charge in [-0.15, -0.1) is 0 Å². The molecule has 0 saturated carbocycles. The summed E-state index contributed by atoms with van der Waals surface area (Å²) in [7, 11) is 0. The fourth-order valence-corrected chi connectivity index (χ4v) is 3.67. The Balaban J connectivity index is 1.57. The maximum atomic E-state index is 11.9. The van der Waals surface area contributed by atoms with Gasteiger partial charge in [-0.1, -0.05) is 30.3 Å². The molecule has 1 atom stereocenters. The minimum Gasteiger partial charge on any atom is -0.489 e. The Morgan fingerprint density at radius 1 is 1.15 bits per heavy atom. The predicted octanol–water partition coefficient (Wildman–Crippen LogP) is 3.97. The van der Waals surface area contributed by atoms with Gasteiger partial charge in [0.25, 0.3) is 0 Å². The Morgan fingerprint density at radius 2 is 1.92 bits per heavy atom. The standard InChI is InChI=1S/C21H22N2O3/c24-21(25)20(23-10-4-5-11-23)18-13-22-19-12-16(8-9-17(18)19)26-14-15-6-2-1-3-7-15/h1-3,6-9,12-13,20,22H,4-5,10-11,14H2,(H,24,25)/t20-/m0/s1. The molecule has 134 valence electrons. The normalized spacial score (nSPS) is 16.0. The molecule has 3 aromatic rings. The first-order valence-corrected chi connectivity index (χ1v) is 8.97. The molecule has 0 bridgehead atoms. The zero-order valence-electron chi connectivity index (χ0n) is 14.5. The van der Waals surface area contributed by atoms with Gasteiger partial charge in [-0.25, -0.2) is 0 Å². The van der Waals surface area contributed by atoms with E-state index in [1.807, 2.05) is 59.6 Å². The lowest BCUT2D eigenvalue weighted by Crippen LogP contribution is -2.31. The number of H-pyrrole nitrogens is 1. The molecule has 1 fully saturated rings. The highest BCUT2D eigenvalue weighted by Crippen LogP contribution is 2.32.